The van der Waals surface area contributed by atoms with E-state index in [0.717, 1.165) is 42.7 Å². The number of carboxylic acid groups (broad SMARTS) is 1. The third kappa shape index (κ3) is 16.5. The number of halogens is 11. The Bertz CT molecular complexity index is 4460. The fourth-order valence-corrected chi connectivity index (χ4v) is 14.2. The summed E-state index contributed by atoms with van der Waals surface area (Å²) in [7, 11) is -13.8. The number of phosphoric acid groups is 1. The molecule has 0 unspecified atom stereocenters. The second-order valence-electron chi connectivity index (χ2n) is 25.0. The first-order chi connectivity index (χ1) is 44.0. The lowest BCUT2D eigenvalue weighted by atomic mass is 9.77. The van der Waals surface area contributed by atoms with Crippen LogP contribution in [0.3, 0.4) is 0 Å². The number of carbonyl (C=O) groups is 4. The van der Waals surface area contributed by atoms with Crippen molar-refractivity contribution in [2.75, 3.05) is 23.4 Å². The lowest BCUT2D eigenvalue weighted by molar-refractivity contribution is -0.143. The molecule has 3 aromatic heterocycles. The van der Waals surface area contributed by atoms with E-state index in [2.05, 4.69) is 37.7 Å². The number of pyridine rings is 1. The fraction of sp³-hybridized carbons (Fsp3) is 0.459. The molecule has 1 saturated carbocycles. The van der Waals surface area contributed by atoms with Crippen molar-refractivity contribution in [2.24, 2.45) is 5.92 Å². The number of sulfone groups is 1. The highest BCUT2D eigenvalue weighted by atomic mass is 35.5. The first-order valence-corrected chi connectivity index (χ1v) is 34.7. The van der Waals surface area contributed by atoms with Gasteiger partial charge in [-0.2, -0.15) is 49.6 Å². The molecule has 3 heterocycles. The largest absolute Gasteiger partial charge is 0.530 e. The molecule has 8 rings (SSSR count). The number of benzene rings is 3. The Hall–Kier alpha value is -7.63. The maximum absolute atomic E-state index is 15.8. The Morgan fingerprint density at radius 3 is 2.05 bits per heavy atom. The number of aromatic nitrogens is 5. The Morgan fingerprint density at radius 1 is 0.875 bits per heavy atom. The van der Waals surface area contributed by atoms with Crippen molar-refractivity contribution in [1.82, 2.24) is 35.2 Å². The molecule has 3 amide bonds. The van der Waals surface area contributed by atoms with Crippen molar-refractivity contribution < 1.29 is 103 Å². The van der Waals surface area contributed by atoms with E-state index in [-0.39, 0.29) is 48.2 Å². The molecule has 3 aromatic carbocycles. The molecule has 2 aliphatic rings. The summed E-state index contributed by atoms with van der Waals surface area (Å²) in [4.78, 5) is 59.3. The number of phosphoric ester groups is 1. The number of carbonyl (C=O) groups excluding carboxylic acids is 3. The molecule has 35 heteroatoms. The molecule has 0 aliphatic heterocycles. The van der Waals surface area contributed by atoms with Gasteiger partial charge in [0.1, 0.15) is 53.2 Å². The summed E-state index contributed by atoms with van der Waals surface area (Å²) >= 11 is 6.90. The van der Waals surface area contributed by atoms with E-state index in [1.807, 2.05) is 0 Å². The van der Waals surface area contributed by atoms with Gasteiger partial charge in [0, 0.05) is 52.3 Å². The number of alkyl halides is 8. The zero-order valence-corrected chi connectivity index (χ0v) is 56.3. The van der Waals surface area contributed by atoms with E-state index >= 15 is 35.5 Å². The van der Waals surface area contributed by atoms with Crippen LogP contribution in [0.1, 0.15) is 131 Å². The summed E-state index contributed by atoms with van der Waals surface area (Å²) in [6.07, 6.45) is -13.6. The molecule has 520 valence electrons. The molecule has 21 nitrogen and oxygen atoms in total. The van der Waals surface area contributed by atoms with Gasteiger partial charge in [0.25, 0.3) is 5.92 Å². The van der Waals surface area contributed by atoms with Crippen LogP contribution >= 0.6 is 19.4 Å². The first kappa shape index (κ1) is 74.2. The number of hydrogen-bond donors (Lipinski definition) is 3. The molecular formula is C61H64ClF10N8O13PS2. The molecule has 3 N–H and O–H groups in total. The number of amides is 3. The predicted octanol–water partition coefficient (Wildman–Crippen LogP) is 11.3. The van der Waals surface area contributed by atoms with Crippen molar-refractivity contribution in [3.63, 3.8) is 0 Å². The van der Waals surface area contributed by atoms with Crippen molar-refractivity contribution in [1.29, 1.82) is 0 Å². The standard InChI is InChI=1S/C61H64ClF10N8O13PS2/c1-30(2)91-94(86,92-31(3)4)93-44-19-32(5)18-34(23-45(81)73-27-48(84)85)51(44)57(6,7)26-47(83)80(96(11,89)90)56-50-42(62)15-14-39(53(50)79(77-56)29-59(65,66)67)38-13-12-37(16-17-58(8,9)95(10,87)88)74-52(38)43(22-33-20-35(63)24-36(64)21-33)75-46(82)28-78-55-49(54(76-78)61(70,71)72)40-25-41(40)60(55,68)69/h12-15,18-21,24,30-31,40-41,43H,22-23,25-29H2,1-11H3,(H,73,81)(H,75,82)(H,84,85)/t40-,41+,43-/m0/s1. The molecule has 0 bridgehead atoms. The smallest absolute Gasteiger partial charge is 0.480 e. The van der Waals surface area contributed by atoms with Crippen LogP contribution in [0.15, 0.2) is 54.6 Å². The highest BCUT2D eigenvalue weighted by Gasteiger charge is 2.68. The van der Waals surface area contributed by atoms with Crippen molar-refractivity contribution in [2.45, 2.75) is 154 Å². The Balaban J connectivity index is 1.35. The molecule has 96 heavy (non-hydrogen) atoms. The third-order valence-electron chi connectivity index (χ3n) is 15.3. The molecule has 0 spiro atoms. The zero-order valence-electron chi connectivity index (χ0n) is 53.0. The van der Waals surface area contributed by atoms with Gasteiger partial charge in [-0.1, -0.05) is 43.5 Å². The molecule has 6 aromatic rings. The van der Waals surface area contributed by atoms with Gasteiger partial charge < -0.3 is 20.3 Å². The van der Waals surface area contributed by atoms with E-state index in [1.54, 1.807) is 0 Å². The summed E-state index contributed by atoms with van der Waals surface area (Å²) in [5, 5.41) is 20.2. The quantitative estimate of drug-likeness (QED) is 0.0288. The van der Waals surface area contributed by atoms with Crippen LogP contribution in [0.2, 0.25) is 5.02 Å². The van der Waals surface area contributed by atoms with Crippen molar-refractivity contribution in [3.05, 3.63) is 122 Å². The van der Waals surface area contributed by atoms with E-state index in [4.69, 9.17) is 25.2 Å². The summed E-state index contributed by atoms with van der Waals surface area (Å²) < 4.78 is 235. The van der Waals surface area contributed by atoms with E-state index in [9.17, 15) is 54.1 Å². The third-order valence-corrected chi connectivity index (χ3v) is 20.4. The van der Waals surface area contributed by atoms with Gasteiger partial charge in [-0.25, -0.2) is 35.2 Å². The van der Waals surface area contributed by atoms with Gasteiger partial charge in [0.2, 0.25) is 27.7 Å². The maximum atomic E-state index is 15.8. The average molecular weight is 1440 g/mol. The Labute approximate surface area is 549 Å². The first-order valence-electron chi connectivity index (χ1n) is 29.1. The van der Waals surface area contributed by atoms with E-state index in [0.29, 0.717) is 17.9 Å². The number of carboxylic acids is 1. The second-order valence-corrected chi connectivity index (χ2v) is 31.3. The zero-order chi connectivity index (χ0) is 71.7. The van der Waals surface area contributed by atoms with E-state index < -0.39 is 216 Å². The Kier molecular flexibility index (Phi) is 20.6. The number of anilines is 1. The second kappa shape index (κ2) is 26.7. The number of aryl methyl sites for hydroxylation is 1. The summed E-state index contributed by atoms with van der Waals surface area (Å²) in [5.74, 6) is -10.5. The lowest BCUT2D eigenvalue weighted by Gasteiger charge is -2.32. The van der Waals surface area contributed by atoms with Gasteiger partial charge in [-0.3, -0.25) is 37.6 Å². The number of nitrogens with zero attached hydrogens (tertiary/aromatic N) is 6. The normalized spacial score (nSPS) is 16.0. The van der Waals surface area contributed by atoms with Gasteiger partial charge in [-0.15, -0.1) is 0 Å². The number of rotatable bonds is 24. The van der Waals surface area contributed by atoms with Crippen LogP contribution in [0, 0.1) is 36.3 Å². The minimum atomic E-state index is -5.28. The maximum Gasteiger partial charge on any atom is 0.530 e. The minimum absolute atomic E-state index is 0.000667. The average Bonchev–Trinajstić information content (AvgIpc) is 1.52. The summed E-state index contributed by atoms with van der Waals surface area (Å²) in [5.41, 5.74) is -8.12. The van der Waals surface area contributed by atoms with Crippen LogP contribution in [0.25, 0.3) is 22.0 Å². The van der Waals surface area contributed by atoms with Gasteiger partial charge >= 0.3 is 26.1 Å². The van der Waals surface area contributed by atoms with Crippen LogP contribution in [0.5, 0.6) is 5.75 Å². The summed E-state index contributed by atoms with van der Waals surface area (Å²) in [6.45, 7) is 8.36. The predicted molar refractivity (Wildman–Crippen MR) is 329 cm³/mol. The van der Waals surface area contributed by atoms with Crippen molar-refractivity contribution in [3.8, 4) is 28.7 Å². The number of nitrogens with one attached hydrogen (secondary N) is 2. The van der Waals surface area contributed by atoms with Crippen LogP contribution < -0.4 is 19.5 Å². The van der Waals surface area contributed by atoms with Gasteiger partial charge in [-0.05, 0) is 126 Å². The summed E-state index contributed by atoms with van der Waals surface area (Å²) in [6, 6.07) is 7.19. The fourth-order valence-electron chi connectivity index (χ4n) is 11.3. The molecule has 2 aliphatic carbocycles. The van der Waals surface area contributed by atoms with Gasteiger partial charge in [0.15, 0.2) is 21.3 Å². The highest BCUT2D eigenvalue weighted by Crippen LogP contribution is 2.68. The van der Waals surface area contributed by atoms with Gasteiger partial charge in [0.05, 0.1) is 52.5 Å². The van der Waals surface area contributed by atoms with Crippen LogP contribution in [-0.4, -0.2) is 112 Å². The molecule has 3 atom stereocenters. The highest BCUT2D eigenvalue weighted by molar-refractivity contribution is 7.93. The monoisotopic (exact) mass is 1440 g/mol. The topological polar surface area (TPSA) is 277 Å². The number of aliphatic carboxylic acids is 1. The molecule has 0 saturated heterocycles. The SMILES string of the molecule is Cc1cc(CC(=O)NCC(=O)O)c(C(C)(C)CC(=O)N(c2nn(CC(F)(F)F)c3c(-c4ccc(C#CC(C)(C)S(C)(=O)=O)nc4[C@H](Cc4cc(F)cc(F)c4)NC(=O)Cn4nc(C(F)(F)F)c5c4C(F)(F)[C@@H]4C[C@H]54)ccc(Cl)c23)S(C)(=O)=O)c(OP(=O)(OC(C)C)OC(C)C)c1. The molecule has 1 fully saturated rings. The van der Waals surface area contributed by atoms with Crippen molar-refractivity contribution >= 4 is 79.7 Å². The lowest BCUT2D eigenvalue weighted by Crippen LogP contribution is -2.40. The number of sulfonamides is 1. The van der Waals surface area contributed by atoms with Crippen LogP contribution in [-0.2, 0) is 96.1 Å². The Morgan fingerprint density at radius 2 is 1.49 bits per heavy atom. The minimum Gasteiger partial charge on any atom is -0.480 e. The van der Waals surface area contributed by atoms with E-state index in [1.165, 1.54) is 74.4 Å². The van der Waals surface area contributed by atoms with Crippen LogP contribution in [0.4, 0.5) is 49.7 Å². The molecule has 0 radical (unpaired) electrons. The number of hydrogen-bond acceptors (Lipinski definition) is 15. The number of fused-ring (bicyclic) bond motifs is 4. The molecular weight excluding hydrogens is 1370 g/mol.